The summed E-state index contributed by atoms with van der Waals surface area (Å²) in [6.07, 6.45) is 0. The van der Waals surface area contributed by atoms with E-state index in [9.17, 15) is 16.8 Å². The highest BCUT2D eigenvalue weighted by Crippen LogP contribution is 2.23. The van der Waals surface area contributed by atoms with E-state index in [-0.39, 0.29) is 15.5 Å². The average Bonchev–Trinajstić information content (AvgIpc) is 2.25. The summed E-state index contributed by atoms with van der Waals surface area (Å²) in [6.45, 7) is 0. The Bertz CT molecular complexity index is 705. The number of hydrogen-bond donors (Lipinski definition) is 0. The van der Waals surface area contributed by atoms with Crippen molar-refractivity contribution < 1.29 is 16.8 Å². The topological polar surface area (TPSA) is 92.1 Å². The third kappa shape index (κ3) is 4.14. The van der Waals surface area contributed by atoms with Gasteiger partial charge in [0.25, 0.3) is 0 Å². The zero-order valence-electron chi connectivity index (χ0n) is 8.80. The van der Waals surface area contributed by atoms with Crippen LogP contribution in [-0.4, -0.2) is 28.3 Å². The van der Waals surface area contributed by atoms with E-state index >= 15 is 0 Å². The summed E-state index contributed by atoms with van der Waals surface area (Å²) < 4.78 is 45.1. The second-order valence-electron chi connectivity index (χ2n) is 3.32. The van der Waals surface area contributed by atoms with Crippen molar-refractivity contribution in [2.24, 2.45) is 0 Å². The molecule has 1 rings (SSSR count). The van der Waals surface area contributed by atoms with Gasteiger partial charge in [-0.15, -0.1) is 0 Å². The molecule has 0 amide bonds. The van der Waals surface area contributed by atoms with Crippen LogP contribution in [0.1, 0.15) is 5.56 Å². The van der Waals surface area contributed by atoms with E-state index in [4.69, 9.17) is 27.5 Å². The van der Waals surface area contributed by atoms with Gasteiger partial charge in [0, 0.05) is 10.7 Å². The number of rotatable bonds is 4. The van der Waals surface area contributed by atoms with Gasteiger partial charge in [-0.3, -0.25) is 0 Å². The first-order chi connectivity index (χ1) is 8.15. The maximum atomic E-state index is 11.8. The minimum Gasteiger partial charge on any atom is -0.224 e. The smallest absolute Gasteiger partial charge is 0.224 e. The van der Waals surface area contributed by atoms with Crippen LogP contribution in [0.5, 0.6) is 0 Å². The highest BCUT2D eigenvalue weighted by atomic mass is 35.7. The minimum atomic E-state index is -3.89. The molecule has 1 aromatic rings. The molecule has 5 nitrogen and oxygen atoms in total. The molecule has 0 bridgehead atoms. The highest BCUT2D eigenvalue weighted by Gasteiger charge is 2.21. The van der Waals surface area contributed by atoms with Gasteiger partial charge in [-0.25, -0.2) is 16.8 Å². The summed E-state index contributed by atoms with van der Waals surface area (Å²) in [4.78, 5) is -0.219. The van der Waals surface area contributed by atoms with Crippen LogP contribution >= 0.6 is 22.3 Å². The number of halogens is 2. The Labute approximate surface area is 114 Å². The van der Waals surface area contributed by atoms with Crippen molar-refractivity contribution in [1.82, 2.24) is 0 Å². The van der Waals surface area contributed by atoms with Gasteiger partial charge >= 0.3 is 0 Å². The van der Waals surface area contributed by atoms with Gasteiger partial charge in [-0.05, 0) is 18.2 Å². The maximum Gasteiger partial charge on any atom is 0.233 e. The summed E-state index contributed by atoms with van der Waals surface area (Å²) in [6, 6.07) is 5.45. The first-order valence-corrected chi connectivity index (χ1v) is 9.01. The fourth-order valence-electron chi connectivity index (χ4n) is 1.14. The Balaban J connectivity index is 3.11. The summed E-state index contributed by atoms with van der Waals surface area (Å²) in [5.41, 5.74) is 0.212. The predicted molar refractivity (Wildman–Crippen MR) is 67.9 cm³/mol. The standard InChI is InChI=1S/C9H7Cl2NO4S2/c10-8-5-7(6-12)1-2-9(8)17(13,14)3-4-18(11,15)16/h1-2,5H,3-4H2. The van der Waals surface area contributed by atoms with E-state index < -0.39 is 30.4 Å². The van der Waals surface area contributed by atoms with Crippen molar-refractivity contribution in [3.8, 4) is 6.07 Å². The first kappa shape index (κ1) is 15.2. The Hall–Kier alpha value is -0.810. The fourth-order valence-corrected chi connectivity index (χ4v) is 4.77. The largest absolute Gasteiger partial charge is 0.233 e. The van der Waals surface area contributed by atoms with Gasteiger partial charge in [0.15, 0.2) is 9.84 Å². The van der Waals surface area contributed by atoms with Crippen LogP contribution in [0.4, 0.5) is 0 Å². The summed E-state index contributed by atoms with van der Waals surface area (Å²) in [5, 5.41) is 8.49. The van der Waals surface area contributed by atoms with Crippen molar-refractivity contribution in [3.05, 3.63) is 28.8 Å². The number of nitrogens with zero attached hydrogens (tertiary/aromatic N) is 1. The van der Waals surface area contributed by atoms with Crippen LogP contribution in [0.3, 0.4) is 0 Å². The summed E-state index contributed by atoms with van der Waals surface area (Å²) in [7, 11) is -2.80. The van der Waals surface area contributed by atoms with Crippen LogP contribution in [0.25, 0.3) is 0 Å². The molecule has 18 heavy (non-hydrogen) atoms. The molecule has 9 heteroatoms. The van der Waals surface area contributed by atoms with Gasteiger partial charge in [0.1, 0.15) is 0 Å². The molecule has 0 aliphatic heterocycles. The summed E-state index contributed by atoms with van der Waals surface area (Å²) in [5.74, 6) is -1.36. The minimum absolute atomic E-state index is 0.124. The van der Waals surface area contributed by atoms with Crippen LogP contribution in [-0.2, 0) is 18.9 Å². The van der Waals surface area contributed by atoms with Crippen LogP contribution < -0.4 is 0 Å². The van der Waals surface area contributed by atoms with Gasteiger partial charge in [-0.1, -0.05) is 11.6 Å². The Morgan fingerprint density at radius 3 is 2.22 bits per heavy atom. The van der Waals surface area contributed by atoms with E-state index in [0.717, 1.165) is 6.07 Å². The molecular weight excluding hydrogens is 321 g/mol. The van der Waals surface area contributed by atoms with E-state index in [1.807, 2.05) is 0 Å². The predicted octanol–water partition coefficient (Wildman–Crippen LogP) is 1.55. The van der Waals surface area contributed by atoms with Crippen LogP contribution in [0.15, 0.2) is 23.1 Å². The van der Waals surface area contributed by atoms with E-state index in [0.29, 0.717) is 0 Å². The molecule has 0 spiro atoms. The first-order valence-electron chi connectivity index (χ1n) is 4.50. The normalized spacial score (nSPS) is 12.1. The fraction of sp³-hybridized carbons (Fsp3) is 0.222. The number of benzene rings is 1. The van der Waals surface area contributed by atoms with Crippen LogP contribution in [0, 0.1) is 11.3 Å². The lowest BCUT2D eigenvalue weighted by molar-refractivity contribution is 0.592. The van der Waals surface area contributed by atoms with Crippen molar-refractivity contribution >= 4 is 41.2 Å². The lowest BCUT2D eigenvalue weighted by Crippen LogP contribution is -2.14. The van der Waals surface area contributed by atoms with Crippen molar-refractivity contribution in [1.29, 1.82) is 5.26 Å². The molecule has 0 saturated heterocycles. The monoisotopic (exact) mass is 327 g/mol. The van der Waals surface area contributed by atoms with Gasteiger partial charge in [0.05, 0.1) is 33.1 Å². The number of nitriles is 1. The Kier molecular flexibility index (Phi) is 4.61. The Morgan fingerprint density at radius 1 is 1.17 bits per heavy atom. The molecule has 0 aliphatic carbocycles. The highest BCUT2D eigenvalue weighted by molar-refractivity contribution is 8.14. The van der Waals surface area contributed by atoms with E-state index in [2.05, 4.69) is 0 Å². The molecule has 0 atom stereocenters. The number of sulfone groups is 1. The molecule has 0 unspecified atom stereocenters. The Morgan fingerprint density at radius 2 is 1.78 bits per heavy atom. The molecule has 0 aliphatic rings. The molecule has 0 fully saturated rings. The second-order valence-corrected chi connectivity index (χ2v) is 8.70. The molecule has 98 valence electrons. The third-order valence-electron chi connectivity index (χ3n) is 1.99. The van der Waals surface area contributed by atoms with Gasteiger partial charge in [0.2, 0.25) is 9.05 Å². The van der Waals surface area contributed by atoms with E-state index in [1.165, 1.54) is 12.1 Å². The maximum absolute atomic E-state index is 11.8. The molecule has 0 saturated carbocycles. The lowest BCUT2D eigenvalue weighted by atomic mass is 10.2. The van der Waals surface area contributed by atoms with Gasteiger partial charge < -0.3 is 0 Å². The molecule has 1 aromatic carbocycles. The molecule has 0 heterocycles. The van der Waals surface area contributed by atoms with Crippen molar-refractivity contribution in [2.45, 2.75) is 4.90 Å². The average molecular weight is 328 g/mol. The van der Waals surface area contributed by atoms with Gasteiger partial charge in [-0.2, -0.15) is 5.26 Å². The zero-order valence-corrected chi connectivity index (χ0v) is 11.9. The number of hydrogen-bond acceptors (Lipinski definition) is 5. The SMILES string of the molecule is N#Cc1ccc(S(=O)(=O)CCS(=O)(=O)Cl)c(Cl)c1. The van der Waals surface area contributed by atoms with Crippen molar-refractivity contribution in [3.63, 3.8) is 0 Å². The quantitative estimate of drug-likeness (QED) is 0.782. The van der Waals surface area contributed by atoms with Crippen molar-refractivity contribution in [2.75, 3.05) is 11.5 Å². The molecule has 0 aromatic heterocycles. The van der Waals surface area contributed by atoms with Crippen LogP contribution in [0.2, 0.25) is 5.02 Å². The third-order valence-corrected chi connectivity index (χ3v) is 5.60. The van der Waals surface area contributed by atoms with E-state index in [1.54, 1.807) is 6.07 Å². The zero-order chi connectivity index (χ0) is 14.0. The lowest BCUT2D eigenvalue weighted by Gasteiger charge is -2.05. The second kappa shape index (κ2) is 5.45. The molecular formula is C9H7Cl2NO4S2. The molecule has 0 N–H and O–H groups in total. The molecule has 0 radical (unpaired) electrons. The summed E-state index contributed by atoms with van der Waals surface area (Å²) >= 11 is 5.73.